The maximum Gasteiger partial charge on any atom is 0.256 e. The minimum atomic E-state index is -0.143. The van der Waals surface area contributed by atoms with Gasteiger partial charge in [0.15, 0.2) is 0 Å². The lowest BCUT2D eigenvalue weighted by Gasteiger charge is -2.32. The van der Waals surface area contributed by atoms with E-state index in [1.807, 2.05) is 6.92 Å². The van der Waals surface area contributed by atoms with Crippen molar-refractivity contribution in [1.82, 2.24) is 20.0 Å². The van der Waals surface area contributed by atoms with Crippen LogP contribution in [0.15, 0.2) is 0 Å². The fourth-order valence-corrected chi connectivity index (χ4v) is 3.09. The predicted octanol–water partition coefficient (Wildman–Crippen LogP) is 2.10. The molecule has 0 radical (unpaired) electrons. The van der Waals surface area contributed by atoms with Crippen LogP contribution < -0.4 is 5.32 Å². The standard InChI is InChI=1S/C16H27ClN4O2/c1-4-5-6-21-15(17)14(13(3)19-21)16(22)18-11-12(2)20-7-9-23-10-8-20/h12H,4-11H2,1-3H3,(H,18,22). The molecular formula is C16H27ClN4O2. The van der Waals surface area contributed by atoms with Crippen LogP contribution >= 0.6 is 11.6 Å². The van der Waals surface area contributed by atoms with Crippen molar-refractivity contribution in [2.24, 2.45) is 0 Å². The summed E-state index contributed by atoms with van der Waals surface area (Å²) in [4.78, 5) is 14.8. The number of halogens is 1. The minimum Gasteiger partial charge on any atom is -0.379 e. The molecule has 1 aromatic heterocycles. The fourth-order valence-electron chi connectivity index (χ4n) is 2.74. The van der Waals surface area contributed by atoms with Crippen LogP contribution in [-0.2, 0) is 11.3 Å². The van der Waals surface area contributed by atoms with Gasteiger partial charge in [0.1, 0.15) is 5.15 Å². The first kappa shape index (κ1) is 18.2. The van der Waals surface area contributed by atoms with Gasteiger partial charge in [0.05, 0.1) is 24.5 Å². The number of hydrogen-bond acceptors (Lipinski definition) is 4. The molecule has 7 heteroatoms. The largest absolute Gasteiger partial charge is 0.379 e. The lowest BCUT2D eigenvalue weighted by atomic mass is 10.2. The van der Waals surface area contributed by atoms with Crippen LogP contribution in [-0.4, -0.2) is 59.5 Å². The van der Waals surface area contributed by atoms with Gasteiger partial charge in [0.25, 0.3) is 5.91 Å². The first-order chi connectivity index (χ1) is 11.0. The number of morpholine rings is 1. The molecule has 0 spiro atoms. The van der Waals surface area contributed by atoms with E-state index in [1.165, 1.54) is 0 Å². The maximum atomic E-state index is 12.5. The van der Waals surface area contributed by atoms with Crippen LogP contribution in [0.4, 0.5) is 0 Å². The van der Waals surface area contributed by atoms with Crippen molar-refractivity contribution in [2.45, 2.75) is 46.2 Å². The molecule has 2 heterocycles. The Morgan fingerprint density at radius 2 is 2.13 bits per heavy atom. The molecule has 130 valence electrons. The van der Waals surface area contributed by atoms with E-state index in [-0.39, 0.29) is 11.9 Å². The smallest absolute Gasteiger partial charge is 0.256 e. The summed E-state index contributed by atoms with van der Waals surface area (Å²) in [5.41, 5.74) is 1.18. The summed E-state index contributed by atoms with van der Waals surface area (Å²) in [6.07, 6.45) is 2.06. The number of aryl methyl sites for hydroxylation is 2. The molecule has 0 saturated carbocycles. The van der Waals surface area contributed by atoms with Gasteiger partial charge < -0.3 is 10.1 Å². The van der Waals surface area contributed by atoms with E-state index < -0.39 is 0 Å². The van der Waals surface area contributed by atoms with Crippen LogP contribution in [0.25, 0.3) is 0 Å². The second-order valence-electron chi connectivity index (χ2n) is 6.04. The highest BCUT2D eigenvalue weighted by molar-refractivity contribution is 6.33. The Balaban J connectivity index is 1.93. The molecule has 1 aliphatic rings. The van der Waals surface area contributed by atoms with Crippen molar-refractivity contribution in [3.05, 3.63) is 16.4 Å². The molecule has 1 amide bonds. The van der Waals surface area contributed by atoms with Crippen molar-refractivity contribution < 1.29 is 9.53 Å². The van der Waals surface area contributed by atoms with Crippen LogP contribution in [0.1, 0.15) is 42.7 Å². The first-order valence-electron chi connectivity index (χ1n) is 8.37. The molecule has 6 nitrogen and oxygen atoms in total. The van der Waals surface area contributed by atoms with Crippen molar-refractivity contribution >= 4 is 17.5 Å². The van der Waals surface area contributed by atoms with Crippen LogP contribution in [0.2, 0.25) is 5.15 Å². The van der Waals surface area contributed by atoms with E-state index in [4.69, 9.17) is 16.3 Å². The lowest BCUT2D eigenvalue weighted by Crippen LogP contribution is -2.47. The Hall–Kier alpha value is -1.11. The first-order valence-corrected chi connectivity index (χ1v) is 8.75. The normalized spacial score (nSPS) is 17.2. The molecule has 1 N–H and O–H groups in total. The Bertz CT molecular complexity index is 526. The van der Waals surface area contributed by atoms with Crippen LogP contribution in [0, 0.1) is 6.92 Å². The third-order valence-corrected chi connectivity index (χ3v) is 4.63. The summed E-state index contributed by atoms with van der Waals surface area (Å²) in [5, 5.41) is 7.81. The average molecular weight is 343 g/mol. The number of aromatic nitrogens is 2. The van der Waals surface area contributed by atoms with Crippen LogP contribution in [0.5, 0.6) is 0 Å². The molecule has 1 aliphatic heterocycles. The van der Waals surface area contributed by atoms with Gasteiger partial charge in [-0.3, -0.25) is 14.4 Å². The van der Waals surface area contributed by atoms with Crippen molar-refractivity contribution in [3.63, 3.8) is 0 Å². The van der Waals surface area contributed by atoms with E-state index in [0.717, 1.165) is 45.7 Å². The zero-order valence-corrected chi connectivity index (χ0v) is 15.0. The van der Waals surface area contributed by atoms with Gasteiger partial charge in [0.2, 0.25) is 0 Å². The summed E-state index contributed by atoms with van der Waals surface area (Å²) < 4.78 is 7.08. The van der Waals surface area contributed by atoms with E-state index in [0.29, 0.717) is 23.0 Å². The van der Waals surface area contributed by atoms with Gasteiger partial charge >= 0.3 is 0 Å². The van der Waals surface area contributed by atoms with Gasteiger partial charge in [-0.2, -0.15) is 5.10 Å². The Labute approximate surface area is 143 Å². The summed E-state index contributed by atoms with van der Waals surface area (Å²) in [7, 11) is 0. The molecule has 1 saturated heterocycles. The summed E-state index contributed by atoms with van der Waals surface area (Å²) in [6, 6.07) is 0.275. The minimum absolute atomic E-state index is 0.143. The van der Waals surface area contributed by atoms with Gasteiger partial charge in [-0.25, -0.2) is 0 Å². The van der Waals surface area contributed by atoms with Crippen molar-refractivity contribution in [1.29, 1.82) is 0 Å². The number of carbonyl (C=O) groups excluding carboxylic acids is 1. The van der Waals surface area contributed by atoms with Gasteiger partial charge in [0, 0.05) is 32.2 Å². The highest BCUT2D eigenvalue weighted by Crippen LogP contribution is 2.20. The molecule has 1 aromatic rings. The highest BCUT2D eigenvalue weighted by atomic mass is 35.5. The maximum absolute atomic E-state index is 12.5. The molecule has 1 atom stereocenters. The predicted molar refractivity (Wildman–Crippen MR) is 91.1 cm³/mol. The Morgan fingerprint density at radius 3 is 2.78 bits per heavy atom. The number of carbonyl (C=O) groups is 1. The summed E-state index contributed by atoms with van der Waals surface area (Å²) in [6.45, 7) is 10.7. The van der Waals surface area contributed by atoms with Gasteiger partial charge in [-0.05, 0) is 20.3 Å². The number of nitrogens with one attached hydrogen (secondary N) is 1. The van der Waals surface area contributed by atoms with Gasteiger partial charge in [-0.15, -0.1) is 0 Å². The number of ether oxygens (including phenoxy) is 1. The molecule has 23 heavy (non-hydrogen) atoms. The Morgan fingerprint density at radius 1 is 1.43 bits per heavy atom. The van der Waals surface area contributed by atoms with E-state index in [2.05, 4.69) is 29.2 Å². The average Bonchev–Trinajstić information content (AvgIpc) is 2.85. The topological polar surface area (TPSA) is 59.4 Å². The zero-order chi connectivity index (χ0) is 16.8. The molecule has 0 aromatic carbocycles. The SMILES string of the molecule is CCCCn1nc(C)c(C(=O)NCC(C)N2CCOCC2)c1Cl. The highest BCUT2D eigenvalue weighted by Gasteiger charge is 2.22. The molecule has 1 fully saturated rings. The third-order valence-electron chi connectivity index (χ3n) is 4.24. The fraction of sp³-hybridized carbons (Fsp3) is 0.750. The number of nitrogens with zero attached hydrogens (tertiary/aromatic N) is 3. The molecule has 1 unspecified atom stereocenters. The number of unbranched alkanes of at least 4 members (excludes halogenated alkanes) is 1. The number of hydrogen-bond donors (Lipinski definition) is 1. The molecular weight excluding hydrogens is 316 g/mol. The summed E-state index contributed by atoms with van der Waals surface area (Å²) >= 11 is 6.34. The number of rotatable bonds is 7. The quantitative estimate of drug-likeness (QED) is 0.824. The van der Waals surface area contributed by atoms with E-state index in [1.54, 1.807) is 4.68 Å². The van der Waals surface area contributed by atoms with Crippen molar-refractivity contribution in [2.75, 3.05) is 32.8 Å². The lowest BCUT2D eigenvalue weighted by molar-refractivity contribution is 0.0204. The second-order valence-corrected chi connectivity index (χ2v) is 6.39. The second kappa shape index (κ2) is 8.66. The zero-order valence-electron chi connectivity index (χ0n) is 14.3. The number of amides is 1. The molecule has 0 aliphatic carbocycles. The monoisotopic (exact) mass is 342 g/mol. The molecule has 0 bridgehead atoms. The Kier molecular flexibility index (Phi) is 6.87. The van der Waals surface area contributed by atoms with Gasteiger partial charge in [-0.1, -0.05) is 24.9 Å². The third kappa shape index (κ3) is 4.68. The van der Waals surface area contributed by atoms with Crippen LogP contribution in [0.3, 0.4) is 0 Å². The van der Waals surface area contributed by atoms with E-state index in [9.17, 15) is 4.79 Å². The molecule has 2 rings (SSSR count). The summed E-state index contributed by atoms with van der Waals surface area (Å²) in [5.74, 6) is -0.143. The van der Waals surface area contributed by atoms with Crippen molar-refractivity contribution in [3.8, 4) is 0 Å². The van der Waals surface area contributed by atoms with E-state index >= 15 is 0 Å².